The lowest BCUT2D eigenvalue weighted by molar-refractivity contribution is -0.139. The van der Waals surface area contributed by atoms with Crippen LogP contribution in [0.15, 0.2) is 18.2 Å². The van der Waals surface area contributed by atoms with Gasteiger partial charge >= 0.3 is 5.97 Å². The van der Waals surface area contributed by atoms with Gasteiger partial charge in [-0.15, -0.1) is 0 Å². The van der Waals surface area contributed by atoms with Crippen LogP contribution < -0.4 is 9.47 Å². The van der Waals surface area contributed by atoms with Gasteiger partial charge < -0.3 is 14.6 Å². The fraction of sp³-hybridized carbons (Fsp3) is 0.400. The third kappa shape index (κ3) is 4.14. The highest BCUT2D eigenvalue weighted by molar-refractivity contribution is 8.24. The number of methoxy groups -OCH3 is 2. The highest BCUT2D eigenvalue weighted by Crippen LogP contribution is 2.31. The van der Waals surface area contributed by atoms with E-state index in [-0.39, 0.29) is 12.3 Å². The van der Waals surface area contributed by atoms with E-state index in [1.165, 1.54) is 4.90 Å². The summed E-state index contributed by atoms with van der Waals surface area (Å²) in [6, 6.07) is 5.55. The van der Waals surface area contributed by atoms with Gasteiger partial charge in [-0.1, -0.05) is 30.0 Å². The number of carboxylic acids is 1. The summed E-state index contributed by atoms with van der Waals surface area (Å²) in [5.41, 5.74) is 0.977. The Labute approximate surface area is 143 Å². The monoisotopic (exact) mass is 355 g/mol. The Morgan fingerprint density at radius 2 is 2.04 bits per heavy atom. The quantitative estimate of drug-likeness (QED) is 0.749. The van der Waals surface area contributed by atoms with Crippen molar-refractivity contribution in [2.24, 2.45) is 0 Å². The number of thiocarbonyl (C=S) groups is 1. The summed E-state index contributed by atoms with van der Waals surface area (Å²) in [5, 5.41) is 8.21. The van der Waals surface area contributed by atoms with Gasteiger partial charge in [-0.25, -0.2) is 0 Å². The zero-order valence-electron chi connectivity index (χ0n) is 12.8. The minimum Gasteiger partial charge on any atom is -0.493 e. The highest BCUT2D eigenvalue weighted by atomic mass is 32.2. The van der Waals surface area contributed by atoms with Gasteiger partial charge in [0, 0.05) is 6.54 Å². The summed E-state index contributed by atoms with van der Waals surface area (Å²) in [6.45, 7) is 0.413. The Balaban J connectivity index is 2.02. The first-order chi connectivity index (χ1) is 11.0. The Kier molecular flexibility index (Phi) is 5.84. The van der Waals surface area contributed by atoms with Crippen molar-refractivity contribution in [2.75, 3.05) is 20.8 Å². The second-order valence-corrected chi connectivity index (χ2v) is 6.74. The molecule has 1 aromatic rings. The van der Waals surface area contributed by atoms with Crippen LogP contribution in [0, 0.1) is 0 Å². The number of amides is 1. The molecule has 8 heteroatoms. The molecule has 6 nitrogen and oxygen atoms in total. The van der Waals surface area contributed by atoms with E-state index in [2.05, 4.69) is 0 Å². The summed E-state index contributed by atoms with van der Waals surface area (Å²) < 4.78 is 10.9. The fourth-order valence-electron chi connectivity index (χ4n) is 2.27. The summed E-state index contributed by atoms with van der Waals surface area (Å²) in [4.78, 5) is 24.5. The number of carbonyl (C=O) groups excluding carboxylic acids is 1. The molecule has 124 valence electrons. The van der Waals surface area contributed by atoms with Gasteiger partial charge in [-0.05, 0) is 24.1 Å². The smallest absolute Gasteiger partial charge is 0.305 e. The maximum Gasteiger partial charge on any atom is 0.305 e. The van der Waals surface area contributed by atoms with Gasteiger partial charge in [-0.3, -0.25) is 14.5 Å². The second-order valence-electron chi connectivity index (χ2n) is 4.90. The summed E-state index contributed by atoms with van der Waals surface area (Å²) >= 11 is 6.32. The molecule has 0 bridgehead atoms. The number of aliphatic carboxylic acids is 1. The van der Waals surface area contributed by atoms with Crippen LogP contribution in [0.5, 0.6) is 11.5 Å². The van der Waals surface area contributed by atoms with Crippen molar-refractivity contribution < 1.29 is 24.2 Å². The zero-order valence-corrected chi connectivity index (χ0v) is 14.4. The predicted molar refractivity (Wildman–Crippen MR) is 91.2 cm³/mol. The van der Waals surface area contributed by atoms with Crippen molar-refractivity contribution in [2.45, 2.75) is 18.1 Å². The van der Waals surface area contributed by atoms with E-state index in [1.54, 1.807) is 20.3 Å². The molecule has 1 aliphatic rings. The highest BCUT2D eigenvalue weighted by Gasteiger charge is 2.37. The maximum absolute atomic E-state index is 12.2. The lowest BCUT2D eigenvalue weighted by Crippen LogP contribution is -2.33. The number of hydrogen-bond acceptors (Lipinski definition) is 6. The molecule has 0 aromatic heterocycles. The molecule has 0 saturated carbocycles. The van der Waals surface area contributed by atoms with Crippen molar-refractivity contribution in [3.63, 3.8) is 0 Å². The van der Waals surface area contributed by atoms with Crippen molar-refractivity contribution in [1.82, 2.24) is 4.90 Å². The van der Waals surface area contributed by atoms with E-state index in [0.717, 1.165) is 17.3 Å². The lowest BCUT2D eigenvalue weighted by Gasteiger charge is -2.16. The van der Waals surface area contributed by atoms with Crippen LogP contribution in [0.3, 0.4) is 0 Å². The van der Waals surface area contributed by atoms with Gasteiger partial charge in [0.05, 0.1) is 20.6 Å². The Hall–Kier alpha value is -1.80. The molecule has 1 aromatic carbocycles. The molecule has 0 aliphatic carbocycles. The van der Waals surface area contributed by atoms with Crippen LogP contribution in [0.25, 0.3) is 0 Å². The van der Waals surface area contributed by atoms with Crippen molar-refractivity contribution >= 4 is 40.2 Å². The maximum atomic E-state index is 12.2. The summed E-state index contributed by atoms with van der Waals surface area (Å²) in [6.07, 6.45) is 0.378. The van der Waals surface area contributed by atoms with Gasteiger partial charge in [-0.2, -0.15) is 0 Å². The predicted octanol–water partition coefficient (Wildman–Crippen LogP) is 1.95. The number of benzene rings is 1. The topological polar surface area (TPSA) is 76.1 Å². The minimum absolute atomic E-state index is 0.212. The van der Waals surface area contributed by atoms with Crippen LogP contribution in [-0.4, -0.2) is 52.2 Å². The number of carbonyl (C=O) groups is 2. The first-order valence-electron chi connectivity index (χ1n) is 6.91. The average Bonchev–Trinajstić information content (AvgIpc) is 2.78. The average molecular weight is 355 g/mol. The van der Waals surface area contributed by atoms with Crippen LogP contribution in [0.2, 0.25) is 0 Å². The van der Waals surface area contributed by atoms with E-state index in [9.17, 15) is 9.59 Å². The number of thioether (sulfide) groups is 1. The molecule has 1 fully saturated rings. The molecule has 0 radical (unpaired) electrons. The molecule has 1 N–H and O–H groups in total. The van der Waals surface area contributed by atoms with E-state index in [4.69, 9.17) is 26.8 Å². The first-order valence-corrected chi connectivity index (χ1v) is 8.19. The molecule has 1 heterocycles. The molecular weight excluding hydrogens is 338 g/mol. The number of hydrogen-bond donors (Lipinski definition) is 1. The number of nitrogens with zero attached hydrogens (tertiary/aromatic N) is 1. The van der Waals surface area contributed by atoms with Crippen LogP contribution in [0.4, 0.5) is 0 Å². The summed E-state index contributed by atoms with van der Waals surface area (Å²) in [5.74, 6) is 0.0304. The van der Waals surface area contributed by atoms with Gasteiger partial charge in [0.1, 0.15) is 9.57 Å². The third-order valence-electron chi connectivity index (χ3n) is 3.44. The van der Waals surface area contributed by atoms with Crippen LogP contribution in [-0.2, 0) is 16.0 Å². The molecule has 0 spiro atoms. The number of rotatable bonds is 7. The van der Waals surface area contributed by atoms with Crippen LogP contribution in [0.1, 0.15) is 12.0 Å². The molecule has 0 unspecified atom stereocenters. The van der Waals surface area contributed by atoms with Gasteiger partial charge in [0.25, 0.3) is 0 Å². The molecule has 23 heavy (non-hydrogen) atoms. The molecule has 2 rings (SSSR count). The SMILES string of the molecule is COc1ccc(CCN2C(=O)[C@H](CC(=O)O)SC2=S)cc1OC. The van der Waals surface area contributed by atoms with E-state index in [0.29, 0.717) is 28.8 Å². The van der Waals surface area contributed by atoms with Gasteiger partial charge in [0.2, 0.25) is 5.91 Å². The third-order valence-corrected chi connectivity index (χ3v) is 5.02. The second kappa shape index (κ2) is 7.65. The van der Waals surface area contributed by atoms with Crippen molar-refractivity contribution in [3.05, 3.63) is 23.8 Å². The molecule has 1 atom stereocenters. The number of carboxylic acid groups (broad SMARTS) is 1. The molecule has 1 aliphatic heterocycles. The minimum atomic E-state index is -1.000. The van der Waals surface area contributed by atoms with Crippen molar-refractivity contribution in [1.29, 1.82) is 0 Å². The van der Waals surface area contributed by atoms with E-state index < -0.39 is 11.2 Å². The molecular formula is C15H17NO5S2. The first kappa shape index (κ1) is 17.6. The number of ether oxygens (including phenoxy) is 2. The normalized spacial score (nSPS) is 17.5. The van der Waals surface area contributed by atoms with E-state index in [1.807, 2.05) is 12.1 Å². The standard InChI is InChI=1S/C15H17NO5S2/c1-20-10-4-3-9(7-11(10)21-2)5-6-16-14(19)12(8-13(17)18)23-15(16)22/h3-4,7,12H,5-6,8H2,1-2H3,(H,17,18)/t12-/m0/s1. The largest absolute Gasteiger partial charge is 0.493 e. The van der Waals surface area contributed by atoms with Gasteiger partial charge in [0.15, 0.2) is 11.5 Å². The Morgan fingerprint density at radius 1 is 1.35 bits per heavy atom. The fourth-order valence-corrected chi connectivity index (χ4v) is 3.80. The van der Waals surface area contributed by atoms with E-state index >= 15 is 0 Å². The van der Waals surface area contributed by atoms with Crippen molar-refractivity contribution in [3.8, 4) is 11.5 Å². The van der Waals surface area contributed by atoms with Crippen LogP contribution >= 0.6 is 24.0 Å². The lowest BCUT2D eigenvalue weighted by atomic mass is 10.1. The Bertz CT molecular complexity index is 634. The summed E-state index contributed by atoms with van der Waals surface area (Å²) in [7, 11) is 3.13. The molecule has 1 saturated heterocycles. The molecule has 1 amide bonds. The Morgan fingerprint density at radius 3 is 2.65 bits per heavy atom. The zero-order chi connectivity index (χ0) is 17.0.